The number of halogens is 3. The van der Waals surface area contributed by atoms with Gasteiger partial charge in [0.1, 0.15) is 12.2 Å². The van der Waals surface area contributed by atoms with Crippen LogP contribution in [0.25, 0.3) is 6.08 Å². The van der Waals surface area contributed by atoms with Crippen molar-refractivity contribution in [2.75, 3.05) is 6.54 Å². The second kappa shape index (κ2) is 8.86. The van der Waals surface area contributed by atoms with Gasteiger partial charge in [0.2, 0.25) is 0 Å². The normalized spacial score (nSPS) is 19.6. The minimum Gasteiger partial charge on any atom is -0.388 e. The lowest BCUT2D eigenvalue weighted by atomic mass is 9.84. The highest BCUT2D eigenvalue weighted by Crippen LogP contribution is 2.30. The molecule has 0 radical (unpaired) electrons. The molecule has 27 heavy (non-hydrogen) atoms. The van der Waals surface area contributed by atoms with Crippen LogP contribution in [0, 0.1) is 0 Å². The van der Waals surface area contributed by atoms with Crippen LogP contribution >= 0.6 is 0 Å². The molecule has 2 atom stereocenters. The molecule has 1 aliphatic carbocycles. The first-order valence-corrected chi connectivity index (χ1v) is 8.83. The van der Waals surface area contributed by atoms with Gasteiger partial charge in [-0.1, -0.05) is 49.6 Å². The Kier molecular flexibility index (Phi) is 7.02. The molecule has 0 unspecified atom stereocenters. The van der Waals surface area contributed by atoms with E-state index < -0.39 is 36.4 Å². The number of aliphatic hydroxyl groups is 3. The molecule has 0 aromatic heterocycles. The Hall–Kier alpha value is -1.90. The third-order valence-corrected chi connectivity index (χ3v) is 4.65. The van der Waals surface area contributed by atoms with Gasteiger partial charge in [-0.05, 0) is 30.0 Å². The van der Waals surface area contributed by atoms with Crippen LogP contribution in [0.15, 0.2) is 30.3 Å². The molecule has 1 aliphatic rings. The van der Waals surface area contributed by atoms with Crippen molar-refractivity contribution < 1.29 is 33.3 Å². The SMILES string of the molecule is O=C(NC[C@@H](O)[C@@H](O)c1cccc(/C=C/C2(O)CCCCC2)c1)C(F)(F)F. The number of nitrogens with one attached hydrogen (secondary N) is 1. The summed E-state index contributed by atoms with van der Waals surface area (Å²) in [5, 5.41) is 32.0. The Balaban J connectivity index is 1.99. The van der Waals surface area contributed by atoms with E-state index in [-0.39, 0.29) is 0 Å². The second-order valence-electron chi connectivity index (χ2n) is 6.89. The van der Waals surface area contributed by atoms with E-state index in [2.05, 4.69) is 0 Å². The Morgan fingerprint density at radius 2 is 1.89 bits per heavy atom. The van der Waals surface area contributed by atoms with Crippen LogP contribution in [-0.4, -0.2) is 45.7 Å². The monoisotopic (exact) mass is 387 g/mol. The molecule has 8 heteroatoms. The zero-order valence-electron chi connectivity index (χ0n) is 14.7. The van der Waals surface area contributed by atoms with Crippen molar-refractivity contribution in [3.05, 3.63) is 41.5 Å². The molecule has 1 fully saturated rings. The summed E-state index contributed by atoms with van der Waals surface area (Å²) in [4.78, 5) is 10.8. The van der Waals surface area contributed by atoms with Crippen LogP contribution in [0.5, 0.6) is 0 Å². The Morgan fingerprint density at radius 1 is 1.22 bits per heavy atom. The number of hydrogen-bond donors (Lipinski definition) is 4. The third kappa shape index (κ3) is 6.34. The standard InChI is InChI=1S/C19H24F3NO4/c20-19(21,22)17(26)23-12-15(24)16(25)14-6-4-5-13(11-14)7-10-18(27)8-2-1-3-9-18/h4-7,10-11,15-16,24-25,27H,1-3,8-9,12H2,(H,23,26)/b10-7+/t15-,16+/m1/s1. The number of aliphatic hydroxyl groups excluding tert-OH is 2. The zero-order chi connectivity index (χ0) is 20.1. The largest absolute Gasteiger partial charge is 0.471 e. The van der Waals surface area contributed by atoms with Crippen LogP contribution in [-0.2, 0) is 4.79 Å². The van der Waals surface area contributed by atoms with Crippen molar-refractivity contribution in [3.63, 3.8) is 0 Å². The maximum absolute atomic E-state index is 12.2. The van der Waals surface area contributed by atoms with Gasteiger partial charge in [0, 0.05) is 6.54 Å². The van der Waals surface area contributed by atoms with E-state index in [1.807, 2.05) is 0 Å². The molecule has 1 amide bonds. The van der Waals surface area contributed by atoms with Crippen LogP contribution in [0.3, 0.4) is 0 Å². The molecule has 0 heterocycles. The highest BCUT2D eigenvalue weighted by Gasteiger charge is 2.38. The van der Waals surface area contributed by atoms with Gasteiger partial charge >= 0.3 is 12.1 Å². The van der Waals surface area contributed by atoms with Crippen LogP contribution in [0.2, 0.25) is 0 Å². The molecule has 0 bridgehead atoms. The predicted octanol–water partition coefficient (Wildman–Crippen LogP) is 2.47. The summed E-state index contributed by atoms with van der Waals surface area (Å²) in [6.07, 6.45) is -0.299. The molecule has 0 aliphatic heterocycles. The summed E-state index contributed by atoms with van der Waals surface area (Å²) in [5.74, 6) is -2.17. The summed E-state index contributed by atoms with van der Waals surface area (Å²) in [6, 6.07) is 6.47. The minimum atomic E-state index is -5.05. The number of carbonyl (C=O) groups excluding carboxylic acids is 1. The smallest absolute Gasteiger partial charge is 0.388 e. The second-order valence-corrected chi connectivity index (χ2v) is 6.89. The molecule has 0 spiro atoms. The highest BCUT2D eigenvalue weighted by atomic mass is 19.4. The van der Waals surface area contributed by atoms with Crippen LogP contribution < -0.4 is 5.32 Å². The van der Waals surface area contributed by atoms with Gasteiger partial charge in [-0.25, -0.2) is 0 Å². The molecule has 4 N–H and O–H groups in total. The fraction of sp³-hybridized carbons (Fsp3) is 0.526. The molecular weight excluding hydrogens is 363 g/mol. The lowest BCUT2D eigenvalue weighted by Crippen LogP contribution is -2.42. The fourth-order valence-electron chi connectivity index (χ4n) is 3.06. The van der Waals surface area contributed by atoms with Gasteiger partial charge in [0.25, 0.3) is 0 Å². The number of benzene rings is 1. The first-order chi connectivity index (χ1) is 12.6. The predicted molar refractivity (Wildman–Crippen MR) is 93.5 cm³/mol. The summed E-state index contributed by atoms with van der Waals surface area (Å²) in [5.41, 5.74) is 0.118. The fourth-order valence-corrected chi connectivity index (χ4v) is 3.06. The molecule has 5 nitrogen and oxygen atoms in total. The Labute approximate surface area is 155 Å². The lowest BCUT2D eigenvalue weighted by molar-refractivity contribution is -0.174. The maximum Gasteiger partial charge on any atom is 0.471 e. The van der Waals surface area contributed by atoms with E-state index in [0.717, 1.165) is 19.3 Å². The average molecular weight is 387 g/mol. The zero-order valence-corrected chi connectivity index (χ0v) is 14.7. The van der Waals surface area contributed by atoms with Crippen molar-refractivity contribution in [1.82, 2.24) is 5.32 Å². The summed E-state index contributed by atoms with van der Waals surface area (Å²) >= 11 is 0. The maximum atomic E-state index is 12.2. The van der Waals surface area contributed by atoms with Crippen molar-refractivity contribution in [3.8, 4) is 0 Å². The minimum absolute atomic E-state index is 0.293. The quantitative estimate of drug-likeness (QED) is 0.604. The van der Waals surface area contributed by atoms with E-state index in [4.69, 9.17) is 0 Å². The van der Waals surface area contributed by atoms with Gasteiger partial charge in [0.05, 0.1) is 5.60 Å². The van der Waals surface area contributed by atoms with Crippen LogP contribution in [0.1, 0.15) is 49.3 Å². The first-order valence-electron chi connectivity index (χ1n) is 8.83. The number of alkyl halides is 3. The molecule has 1 aromatic rings. The van der Waals surface area contributed by atoms with Crippen molar-refractivity contribution in [2.45, 2.75) is 56.1 Å². The van der Waals surface area contributed by atoms with Gasteiger partial charge < -0.3 is 20.6 Å². The van der Waals surface area contributed by atoms with E-state index in [1.165, 1.54) is 11.4 Å². The van der Waals surface area contributed by atoms with E-state index in [9.17, 15) is 33.3 Å². The summed E-state index contributed by atoms with van der Waals surface area (Å²) in [7, 11) is 0. The van der Waals surface area contributed by atoms with Crippen LogP contribution in [0.4, 0.5) is 13.2 Å². The van der Waals surface area contributed by atoms with Gasteiger partial charge in [-0.3, -0.25) is 4.79 Å². The molecule has 150 valence electrons. The molecule has 1 aromatic carbocycles. The van der Waals surface area contributed by atoms with Gasteiger partial charge in [-0.15, -0.1) is 0 Å². The number of carbonyl (C=O) groups is 1. The van der Waals surface area contributed by atoms with E-state index >= 15 is 0 Å². The van der Waals surface area contributed by atoms with E-state index in [0.29, 0.717) is 24.0 Å². The Morgan fingerprint density at radius 3 is 2.52 bits per heavy atom. The average Bonchev–Trinajstić information content (AvgIpc) is 2.63. The summed E-state index contributed by atoms with van der Waals surface area (Å²) in [6.45, 7) is -0.737. The number of amides is 1. The highest BCUT2D eigenvalue weighted by molar-refractivity contribution is 5.81. The topological polar surface area (TPSA) is 89.8 Å². The number of rotatable bonds is 6. The molecular formula is C19H24F3NO4. The van der Waals surface area contributed by atoms with Crippen molar-refractivity contribution >= 4 is 12.0 Å². The number of hydrogen-bond acceptors (Lipinski definition) is 4. The first kappa shape index (κ1) is 21.4. The van der Waals surface area contributed by atoms with Gasteiger partial charge in [0.15, 0.2) is 0 Å². The molecule has 2 rings (SSSR count). The van der Waals surface area contributed by atoms with Gasteiger partial charge in [-0.2, -0.15) is 13.2 Å². The van der Waals surface area contributed by atoms with E-state index in [1.54, 1.807) is 30.4 Å². The van der Waals surface area contributed by atoms with Crippen molar-refractivity contribution in [2.24, 2.45) is 0 Å². The van der Waals surface area contributed by atoms with Crippen molar-refractivity contribution in [1.29, 1.82) is 0 Å². The Bertz CT molecular complexity index is 669. The summed E-state index contributed by atoms with van der Waals surface area (Å²) < 4.78 is 36.5. The lowest BCUT2D eigenvalue weighted by Gasteiger charge is -2.28. The third-order valence-electron chi connectivity index (χ3n) is 4.65. The molecule has 0 saturated heterocycles. The molecule has 1 saturated carbocycles.